The van der Waals surface area contributed by atoms with E-state index in [9.17, 15) is 0 Å². The summed E-state index contributed by atoms with van der Waals surface area (Å²) in [6.45, 7) is 3.94. The van der Waals surface area contributed by atoms with E-state index in [0.717, 1.165) is 50.7 Å². The van der Waals surface area contributed by atoms with Gasteiger partial charge in [0.1, 0.15) is 5.03 Å². The highest BCUT2D eigenvalue weighted by Gasteiger charge is 2.22. The van der Waals surface area contributed by atoms with E-state index in [2.05, 4.69) is 24.6 Å². The first-order chi connectivity index (χ1) is 11.7. The highest BCUT2D eigenvalue weighted by molar-refractivity contribution is 8.02. The van der Waals surface area contributed by atoms with E-state index < -0.39 is 0 Å². The number of rotatable bonds is 3. The smallest absolute Gasteiger partial charge is 0.170 e. The van der Waals surface area contributed by atoms with Crippen LogP contribution in [0, 0.1) is 6.92 Å². The predicted molar refractivity (Wildman–Crippen MR) is 100 cm³/mol. The van der Waals surface area contributed by atoms with Crippen LogP contribution in [-0.2, 0) is 13.0 Å². The van der Waals surface area contributed by atoms with Crippen LogP contribution in [0.15, 0.2) is 39.1 Å². The summed E-state index contributed by atoms with van der Waals surface area (Å²) in [6, 6.07) is 7.92. The Balaban J connectivity index is 1.89. The normalized spacial score (nSPS) is 14.1. The van der Waals surface area contributed by atoms with Gasteiger partial charge in [0.2, 0.25) is 0 Å². The van der Waals surface area contributed by atoms with E-state index in [1.165, 1.54) is 11.3 Å². The van der Waals surface area contributed by atoms with Gasteiger partial charge in [-0.05, 0) is 31.4 Å². The highest BCUT2D eigenvalue weighted by Crippen LogP contribution is 2.38. The Morgan fingerprint density at radius 1 is 1.33 bits per heavy atom. The Hall–Kier alpha value is -1.21. The SMILES string of the molecule is CSc1nn2c3c(c(C)nc2c1Sc1cccc(Cl)c1)CNCC3. The van der Waals surface area contributed by atoms with Crippen molar-refractivity contribution in [1.29, 1.82) is 0 Å². The molecule has 0 atom stereocenters. The van der Waals surface area contributed by atoms with Gasteiger partial charge in [-0.15, -0.1) is 11.8 Å². The van der Waals surface area contributed by atoms with Gasteiger partial charge in [-0.3, -0.25) is 0 Å². The minimum atomic E-state index is 0.745. The first kappa shape index (κ1) is 16.3. The van der Waals surface area contributed by atoms with Crippen molar-refractivity contribution in [2.45, 2.75) is 34.7 Å². The first-order valence-corrected chi connectivity index (χ1v) is 10.2. The fourth-order valence-corrected chi connectivity index (χ4v) is 4.99. The number of halogens is 1. The van der Waals surface area contributed by atoms with Gasteiger partial charge in [-0.1, -0.05) is 29.4 Å². The molecular weight excluding hydrogens is 360 g/mol. The summed E-state index contributed by atoms with van der Waals surface area (Å²) in [5, 5.41) is 10.0. The molecule has 1 aliphatic heterocycles. The monoisotopic (exact) mass is 376 g/mol. The lowest BCUT2D eigenvalue weighted by Crippen LogP contribution is -2.27. The zero-order valence-corrected chi connectivity index (χ0v) is 15.9. The lowest BCUT2D eigenvalue weighted by atomic mass is 10.1. The maximum atomic E-state index is 6.14. The lowest BCUT2D eigenvalue weighted by Gasteiger charge is -2.19. The van der Waals surface area contributed by atoms with Crippen LogP contribution in [0.3, 0.4) is 0 Å². The van der Waals surface area contributed by atoms with E-state index in [1.54, 1.807) is 23.5 Å². The third kappa shape index (κ3) is 2.81. The number of nitrogens with one attached hydrogen (secondary N) is 1. The number of aromatic nitrogens is 3. The molecule has 0 saturated heterocycles. The van der Waals surface area contributed by atoms with Gasteiger partial charge >= 0.3 is 0 Å². The van der Waals surface area contributed by atoms with Crippen molar-refractivity contribution < 1.29 is 0 Å². The molecule has 0 unspecified atom stereocenters. The van der Waals surface area contributed by atoms with Crippen molar-refractivity contribution in [3.63, 3.8) is 0 Å². The number of aryl methyl sites for hydroxylation is 1. The van der Waals surface area contributed by atoms with E-state index in [0.29, 0.717) is 0 Å². The van der Waals surface area contributed by atoms with Crippen LogP contribution in [-0.4, -0.2) is 27.4 Å². The van der Waals surface area contributed by atoms with Crippen molar-refractivity contribution in [2.24, 2.45) is 0 Å². The molecule has 1 aliphatic rings. The van der Waals surface area contributed by atoms with Crippen LogP contribution in [0.2, 0.25) is 5.02 Å². The van der Waals surface area contributed by atoms with Crippen LogP contribution in [0.1, 0.15) is 17.0 Å². The summed E-state index contributed by atoms with van der Waals surface area (Å²) in [5.41, 5.74) is 4.60. The van der Waals surface area contributed by atoms with E-state index >= 15 is 0 Å². The van der Waals surface area contributed by atoms with Gasteiger partial charge in [-0.2, -0.15) is 5.10 Å². The fraction of sp³-hybridized carbons (Fsp3) is 0.294. The van der Waals surface area contributed by atoms with E-state index in [4.69, 9.17) is 21.7 Å². The van der Waals surface area contributed by atoms with Crippen LogP contribution in [0.25, 0.3) is 5.65 Å². The number of hydrogen-bond donors (Lipinski definition) is 1. The van der Waals surface area contributed by atoms with Gasteiger partial charge < -0.3 is 5.32 Å². The molecular formula is C17H17ClN4S2. The topological polar surface area (TPSA) is 42.2 Å². The summed E-state index contributed by atoms with van der Waals surface area (Å²) >= 11 is 9.48. The van der Waals surface area contributed by atoms with Gasteiger partial charge in [0.15, 0.2) is 5.65 Å². The van der Waals surface area contributed by atoms with Crippen LogP contribution < -0.4 is 5.32 Å². The molecule has 0 amide bonds. The second-order valence-electron chi connectivity index (χ2n) is 5.68. The molecule has 0 radical (unpaired) electrons. The molecule has 4 rings (SSSR count). The molecule has 4 nitrogen and oxygen atoms in total. The average molecular weight is 377 g/mol. The molecule has 0 spiro atoms. The second kappa shape index (κ2) is 6.59. The molecule has 1 N–H and O–H groups in total. The van der Waals surface area contributed by atoms with Crippen LogP contribution in [0.5, 0.6) is 0 Å². The van der Waals surface area contributed by atoms with E-state index in [-0.39, 0.29) is 0 Å². The highest BCUT2D eigenvalue weighted by atomic mass is 35.5. The van der Waals surface area contributed by atoms with Crippen molar-refractivity contribution in [3.05, 3.63) is 46.2 Å². The number of nitrogens with zero attached hydrogens (tertiary/aromatic N) is 3. The largest absolute Gasteiger partial charge is 0.312 e. The zero-order chi connectivity index (χ0) is 16.7. The first-order valence-electron chi connectivity index (χ1n) is 7.76. The molecule has 0 aliphatic carbocycles. The minimum Gasteiger partial charge on any atom is -0.312 e. The average Bonchev–Trinajstić information content (AvgIpc) is 2.93. The lowest BCUT2D eigenvalue weighted by molar-refractivity contribution is 0.603. The van der Waals surface area contributed by atoms with E-state index in [1.807, 2.05) is 22.7 Å². The molecule has 2 aromatic heterocycles. The molecule has 1 aromatic carbocycles. The molecule has 124 valence electrons. The molecule has 7 heteroatoms. The molecule has 0 fully saturated rings. The quantitative estimate of drug-likeness (QED) is 0.693. The summed E-state index contributed by atoms with van der Waals surface area (Å²) in [7, 11) is 0. The molecule has 0 saturated carbocycles. The van der Waals surface area contributed by atoms with Gasteiger partial charge in [0.25, 0.3) is 0 Å². The maximum absolute atomic E-state index is 6.14. The third-order valence-corrected chi connectivity index (χ3v) is 6.26. The van der Waals surface area contributed by atoms with Crippen LogP contribution >= 0.6 is 35.1 Å². The Morgan fingerprint density at radius 2 is 2.21 bits per heavy atom. The minimum absolute atomic E-state index is 0.745. The van der Waals surface area contributed by atoms with Crippen molar-refractivity contribution in [1.82, 2.24) is 19.9 Å². The second-order valence-corrected chi connectivity index (χ2v) is 8.00. The molecule has 0 bridgehead atoms. The molecule has 3 aromatic rings. The summed E-state index contributed by atoms with van der Waals surface area (Å²) in [4.78, 5) is 7.08. The van der Waals surface area contributed by atoms with Gasteiger partial charge in [-0.25, -0.2) is 9.50 Å². The summed E-state index contributed by atoms with van der Waals surface area (Å²) < 4.78 is 2.04. The van der Waals surface area contributed by atoms with Crippen molar-refractivity contribution in [3.8, 4) is 0 Å². The third-order valence-electron chi connectivity index (χ3n) is 4.15. The number of fused-ring (bicyclic) bond motifs is 3. The Labute approximate surface area is 154 Å². The predicted octanol–water partition coefficient (Wildman–Crippen LogP) is 4.21. The van der Waals surface area contributed by atoms with Crippen molar-refractivity contribution >= 4 is 40.8 Å². The van der Waals surface area contributed by atoms with Crippen molar-refractivity contribution in [2.75, 3.05) is 12.8 Å². The number of benzene rings is 1. The Morgan fingerprint density at radius 3 is 3.00 bits per heavy atom. The standard InChI is InChI=1S/C17H17ClN4S2/c1-10-13-9-19-7-6-14(13)22-16(20-10)15(17(21-22)23-2)24-12-5-3-4-11(18)8-12/h3-5,8,19H,6-7,9H2,1-2H3. The summed E-state index contributed by atoms with van der Waals surface area (Å²) in [5.74, 6) is 0. The Kier molecular flexibility index (Phi) is 4.47. The van der Waals surface area contributed by atoms with Gasteiger partial charge in [0, 0.05) is 40.7 Å². The number of thioether (sulfide) groups is 1. The maximum Gasteiger partial charge on any atom is 0.170 e. The zero-order valence-electron chi connectivity index (χ0n) is 13.5. The molecule has 3 heterocycles. The number of hydrogen-bond acceptors (Lipinski definition) is 5. The van der Waals surface area contributed by atoms with Gasteiger partial charge in [0.05, 0.1) is 10.6 Å². The molecule has 24 heavy (non-hydrogen) atoms. The van der Waals surface area contributed by atoms with Crippen LogP contribution in [0.4, 0.5) is 0 Å². The fourth-order valence-electron chi connectivity index (χ4n) is 3.00. The Bertz CT molecular complexity index is 923. The summed E-state index contributed by atoms with van der Waals surface area (Å²) in [6.07, 6.45) is 3.04.